The summed E-state index contributed by atoms with van der Waals surface area (Å²) in [6.45, 7) is 1.46. The zero-order valence-corrected chi connectivity index (χ0v) is 15.3. The Bertz CT molecular complexity index is 1100. The number of thiazole rings is 1. The third kappa shape index (κ3) is 3.68. The SMILES string of the molecule is C[C@H](NC(=O)COC(=O)c1ccc2ncsc2c1)c1cc2ccccc2o1. The molecule has 0 fully saturated rings. The van der Waals surface area contributed by atoms with Crippen LogP contribution in [0.5, 0.6) is 0 Å². The normalized spacial score (nSPS) is 12.2. The zero-order chi connectivity index (χ0) is 18.8. The van der Waals surface area contributed by atoms with Crippen molar-refractivity contribution < 1.29 is 18.7 Å². The molecule has 27 heavy (non-hydrogen) atoms. The maximum atomic E-state index is 12.2. The molecular weight excluding hydrogens is 364 g/mol. The molecule has 0 aliphatic heterocycles. The summed E-state index contributed by atoms with van der Waals surface area (Å²) in [4.78, 5) is 28.4. The van der Waals surface area contributed by atoms with Gasteiger partial charge in [-0.05, 0) is 37.3 Å². The number of para-hydroxylation sites is 1. The number of aromatic nitrogens is 1. The second-order valence-corrected chi connectivity index (χ2v) is 6.97. The molecule has 0 spiro atoms. The number of furan rings is 1. The monoisotopic (exact) mass is 380 g/mol. The van der Waals surface area contributed by atoms with Crippen molar-refractivity contribution in [3.05, 3.63) is 65.4 Å². The summed E-state index contributed by atoms with van der Waals surface area (Å²) in [5, 5.41) is 3.74. The largest absolute Gasteiger partial charge is 0.459 e. The van der Waals surface area contributed by atoms with Crippen molar-refractivity contribution >= 4 is 44.4 Å². The van der Waals surface area contributed by atoms with Gasteiger partial charge in [0.15, 0.2) is 6.61 Å². The minimum absolute atomic E-state index is 0.336. The van der Waals surface area contributed by atoms with Crippen LogP contribution in [0.25, 0.3) is 21.2 Å². The van der Waals surface area contributed by atoms with Crippen molar-refractivity contribution in [3.8, 4) is 0 Å². The van der Waals surface area contributed by atoms with Gasteiger partial charge in [0, 0.05) is 5.39 Å². The Morgan fingerprint density at radius 2 is 2.07 bits per heavy atom. The highest BCUT2D eigenvalue weighted by atomic mass is 32.1. The van der Waals surface area contributed by atoms with E-state index in [4.69, 9.17) is 9.15 Å². The van der Waals surface area contributed by atoms with Crippen molar-refractivity contribution in [2.24, 2.45) is 0 Å². The van der Waals surface area contributed by atoms with Crippen molar-refractivity contribution in [3.63, 3.8) is 0 Å². The molecule has 1 N–H and O–H groups in total. The first-order valence-corrected chi connectivity index (χ1v) is 9.26. The molecule has 2 heterocycles. The van der Waals surface area contributed by atoms with Gasteiger partial charge in [0.25, 0.3) is 5.91 Å². The third-order valence-electron chi connectivity index (χ3n) is 4.15. The number of benzene rings is 2. The molecule has 0 aliphatic carbocycles. The first-order valence-electron chi connectivity index (χ1n) is 8.38. The van der Waals surface area contributed by atoms with E-state index >= 15 is 0 Å². The van der Waals surface area contributed by atoms with Crippen molar-refractivity contribution in [1.82, 2.24) is 10.3 Å². The van der Waals surface area contributed by atoms with E-state index in [1.807, 2.05) is 37.3 Å². The van der Waals surface area contributed by atoms with Crippen molar-refractivity contribution in [2.75, 3.05) is 6.61 Å². The number of rotatable bonds is 5. The number of esters is 1. The Labute approximate surface area is 158 Å². The average Bonchev–Trinajstić information content (AvgIpc) is 3.31. The quantitative estimate of drug-likeness (QED) is 0.528. The summed E-state index contributed by atoms with van der Waals surface area (Å²) in [6.07, 6.45) is 0. The van der Waals surface area contributed by atoms with Crippen LogP contribution in [0.4, 0.5) is 0 Å². The van der Waals surface area contributed by atoms with Gasteiger partial charge in [0.2, 0.25) is 0 Å². The molecule has 0 bridgehead atoms. The van der Waals surface area contributed by atoms with Crippen molar-refractivity contribution in [1.29, 1.82) is 0 Å². The molecule has 4 aromatic rings. The lowest BCUT2D eigenvalue weighted by Gasteiger charge is -2.11. The highest BCUT2D eigenvalue weighted by Crippen LogP contribution is 2.23. The van der Waals surface area contributed by atoms with Crippen LogP contribution in [0, 0.1) is 0 Å². The van der Waals surface area contributed by atoms with Crippen LogP contribution in [-0.4, -0.2) is 23.5 Å². The molecule has 4 rings (SSSR count). The molecule has 0 aliphatic rings. The summed E-state index contributed by atoms with van der Waals surface area (Å²) < 4.78 is 11.7. The fourth-order valence-electron chi connectivity index (χ4n) is 2.77. The van der Waals surface area contributed by atoms with E-state index in [0.29, 0.717) is 11.3 Å². The fourth-order valence-corrected chi connectivity index (χ4v) is 3.48. The number of hydrogen-bond acceptors (Lipinski definition) is 6. The van der Waals surface area contributed by atoms with E-state index in [-0.39, 0.29) is 12.6 Å². The topological polar surface area (TPSA) is 81.4 Å². The summed E-state index contributed by atoms with van der Waals surface area (Å²) in [7, 11) is 0. The molecule has 6 nitrogen and oxygen atoms in total. The van der Waals surface area contributed by atoms with Crippen LogP contribution >= 0.6 is 11.3 Å². The second kappa shape index (κ2) is 7.20. The predicted octanol–water partition coefficient (Wildman–Crippen LogP) is 4.08. The third-order valence-corrected chi connectivity index (χ3v) is 4.94. The number of carbonyl (C=O) groups excluding carboxylic acids is 2. The molecule has 0 radical (unpaired) electrons. The Morgan fingerprint density at radius 3 is 2.93 bits per heavy atom. The minimum Gasteiger partial charge on any atom is -0.459 e. The lowest BCUT2D eigenvalue weighted by atomic mass is 10.2. The molecule has 0 unspecified atom stereocenters. The number of fused-ring (bicyclic) bond motifs is 2. The van der Waals surface area contributed by atoms with E-state index in [1.165, 1.54) is 11.3 Å². The molecule has 7 heteroatoms. The molecule has 1 atom stereocenters. The number of nitrogens with one attached hydrogen (secondary N) is 1. The molecule has 2 aromatic heterocycles. The highest BCUT2D eigenvalue weighted by Gasteiger charge is 2.16. The maximum Gasteiger partial charge on any atom is 0.338 e. The van der Waals surface area contributed by atoms with Gasteiger partial charge in [-0.3, -0.25) is 4.79 Å². The van der Waals surface area contributed by atoms with Gasteiger partial charge in [-0.2, -0.15) is 0 Å². The Morgan fingerprint density at radius 1 is 1.22 bits per heavy atom. The molecule has 0 saturated carbocycles. The first-order chi connectivity index (χ1) is 13.1. The molecule has 0 saturated heterocycles. The van der Waals surface area contributed by atoms with Gasteiger partial charge < -0.3 is 14.5 Å². The number of hydrogen-bond donors (Lipinski definition) is 1. The maximum absolute atomic E-state index is 12.2. The second-order valence-electron chi connectivity index (χ2n) is 6.09. The molecule has 136 valence electrons. The van der Waals surface area contributed by atoms with Gasteiger partial charge >= 0.3 is 5.97 Å². The van der Waals surface area contributed by atoms with Gasteiger partial charge in [-0.1, -0.05) is 18.2 Å². The lowest BCUT2D eigenvalue weighted by molar-refractivity contribution is -0.125. The highest BCUT2D eigenvalue weighted by molar-refractivity contribution is 7.16. The van der Waals surface area contributed by atoms with E-state index in [2.05, 4.69) is 10.3 Å². The Kier molecular flexibility index (Phi) is 4.60. The summed E-state index contributed by atoms with van der Waals surface area (Å²) >= 11 is 1.44. The predicted molar refractivity (Wildman–Crippen MR) is 103 cm³/mol. The van der Waals surface area contributed by atoms with Crippen LogP contribution in [0.3, 0.4) is 0 Å². The number of carbonyl (C=O) groups is 2. The fraction of sp³-hybridized carbons (Fsp3) is 0.150. The average molecular weight is 380 g/mol. The molecule has 2 aromatic carbocycles. The van der Waals surface area contributed by atoms with Gasteiger partial charge in [0.1, 0.15) is 11.3 Å². The number of amides is 1. The smallest absolute Gasteiger partial charge is 0.338 e. The minimum atomic E-state index is -0.545. The van der Waals surface area contributed by atoms with Gasteiger partial charge in [-0.25, -0.2) is 9.78 Å². The van der Waals surface area contributed by atoms with Gasteiger partial charge in [-0.15, -0.1) is 11.3 Å². The summed E-state index contributed by atoms with van der Waals surface area (Å²) in [5.41, 5.74) is 3.70. The number of ether oxygens (including phenoxy) is 1. The zero-order valence-electron chi connectivity index (χ0n) is 14.5. The van der Waals surface area contributed by atoms with E-state index in [9.17, 15) is 9.59 Å². The Balaban J connectivity index is 1.35. The van der Waals surface area contributed by atoms with Crippen LogP contribution < -0.4 is 5.32 Å². The first kappa shape index (κ1) is 17.2. The standard InChI is InChI=1S/C20H16N2O4S/c1-12(17-8-13-4-2-3-5-16(13)26-17)22-19(23)10-25-20(24)14-6-7-15-18(9-14)27-11-21-15/h2-9,11-12H,10H2,1H3,(H,22,23)/t12-/m0/s1. The van der Waals surface area contributed by atoms with E-state index in [0.717, 1.165) is 21.2 Å². The Hall–Kier alpha value is -3.19. The summed E-state index contributed by atoms with van der Waals surface area (Å²) in [6, 6.07) is 14.3. The molecule has 1 amide bonds. The van der Waals surface area contributed by atoms with Crippen LogP contribution in [0.2, 0.25) is 0 Å². The van der Waals surface area contributed by atoms with Crippen LogP contribution in [0.15, 0.2) is 58.5 Å². The number of nitrogens with zero attached hydrogens (tertiary/aromatic N) is 1. The van der Waals surface area contributed by atoms with E-state index < -0.39 is 11.9 Å². The summed E-state index contributed by atoms with van der Waals surface area (Å²) in [5.74, 6) is -0.293. The van der Waals surface area contributed by atoms with Gasteiger partial charge in [0.05, 0.1) is 27.3 Å². The van der Waals surface area contributed by atoms with Crippen molar-refractivity contribution in [2.45, 2.75) is 13.0 Å². The molecular formula is C20H16N2O4S. The van der Waals surface area contributed by atoms with Crippen LogP contribution in [-0.2, 0) is 9.53 Å². The lowest BCUT2D eigenvalue weighted by Crippen LogP contribution is -2.31. The van der Waals surface area contributed by atoms with Crippen LogP contribution in [0.1, 0.15) is 29.1 Å². The van der Waals surface area contributed by atoms with E-state index in [1.54, 1.807) is 23.7 Å².